The maximum Gasteiger partial charge on any atom is 0.271 e. The Hall–Kier alpha value is -2.80. The molecular weight excluding hydrogens is 376 g/mol. The number of non-ortho nitro benzene ring substituents is 1. The van der Waals surface area contributed by atoms with E-state index in [1.807, 2.05) is 0 Å². The minimum Gasteiger partial charge on any atom is -0.322 e. The summed E-state index contributed by atoms with van der Waals surface area (Å²) in [5.41, 5.74) is 1.34. The van der Waals surface area contributed by atoms with E-state index in [4.69, 9.17) is 0 Å². The largest absolute Gasteiger partial charge is 0.322 e. The predicted molar refractivity (Wildman–Crippen MR) is 94.1 cm³/mol. The van der Waals surface area contributed by atoms with Crippen molar-refractivity contribution in [3.63, 3.8) is 0 Å². The third-order valence-corrected chi connectivity index (χ3v) is 3.73. The lowest BCUT2D eigenvalue weighted by atomic mass is 10.1. The first-order valence-corrected chi connectivity index (χ1v) is 7.70. The van der Waals surface area contributed by atoms with Gasteiger partial charge in [-0.3, -0.25) is 19.7 Å². The Balaban J connectivity index is 2.07. The summed E-state index contributed by atoms with van der Waals surface area (Å²) in [5.74, 6) is -0.850. The Morgan fingerprint density at radius 2 is 1.79 bits per heavy atom. The second kappa shape index (κ2) is 7.65. The van der Waals surface area contributed by atoms with Crippen LogP contribution >= 0.6 is 15.9 Å². The highest BCUT2D eigenvalue weighted by Crippen LogP contribution is 2.21. The first kappa shape index (κ1) is 17.6. The molecule has 0 radical (unpaired) electrons. The van der Waals surface area contributed by atoms with E-state index in [2.05, 4.69) is 21.2 Å². The fraction of sp³-hybridized carbons (Fsp3) is 0.0588. The van der Waals surface area contributed by atoms with Crippen LogP contribution in [0.1, 0.15) is 15.9 Å². The number of benzene rings is 2. The summed E-state index contributed by atoms with van der Waals surface area (Å²) in [5, 5.41) is 13.3. The van der Waals surface area contributed by atoms with Gasteiger partial charge in [0.05, 0.1) is 10.6 Å². The zero-order chi connectivity index (χ0) is 17.7. The molecule has 7 heteroatoms. The van der Waals surface area contributed by atoms with Crippen molar-refractivity contribution in [2.45, 2.75) is 6.92 Å². The molecule has 2 rings (SSSR count). The van der Waals surface area contributed by atoms with E-state index in [9.17, 15) is 19.7 Å². The molecule has 0 aliphatic carbocycles. The van der Waals surface area contributed by atoms with Crippen LogP contribution in [0.15, 0.2) is 59.1 Å². The van der Waals surface area contributed by atoms with Gasteiger partial charge in [0.25, 0.3) is 5.69 Å². The molecule has 0 bridgehead atoms. The molecular formula is C17H13BrN2O4. The summed E-state index contributed by atoms with van der Waals surface area (Å²) >= 11 is 3.28. The number of hydrogen-bond donors (Lipinski definition) is 1. The molecule has 0 spiro atoms. The molecule has 122 valence electrons. The molecule has 0 aromatic heterocycles. The van der Waals surface area contributed by atoms with Gasteiger partial charge in [0.2, 0.25) is 5.91 Å². The van der Waals surface area contributed by atoms with Gasteiger partial charge < -0.3 is 5.32 Å². The van der Waals surface area contributed by atoms with Crippen molar-refractivity contribution in [2.24, 2.45) is 0 Å². The Labute approximate surface area is 146 Å². The predicted octanol–water partition coefficient (Wildman–Crippen LogP) is 4.04. The Morgan fingerprint density at radius 3 is 2.42 bits per heavy atom. The number of carbonyl (C=O) groups is 2. The second-order valence-corrected chi connectivity index (χ2v) is 5.87. The maximum absolute atomic E-state index is 12.0. The van der Waals surface area contributed by atoms with E-state index >= 15 is 0 Å². The van der Waals surface area contributed by atoms with Crippen LogP contribution in [0.3, 0.4) is 0 Å². The first-order chi connectivity index (χ1) is 11.4. The van der Waals surface area contributed by atoms with E-state index in [1.54, 1.807) is 37.3 Å². The van der Waals surface area contributed by atoms with E-state index in [0.717, 1.165) is 16.6 Å². The maximum atomic E-state index is 12.0. The SMILES string of the molecule is Cc1ccc([N+](=O)[O-])cc1NC(=O)/C=C/C(=O)c1ccc(Br)cc1. The number of ketones is 1. The average Bonchev–Trinajstić information content (AvgIpc) is 2.55. The van der Waals surface area contributed by atoms with E-state index < -0.39 is 10.8 Å². The van der Waals surface area contributed by atoms with Crippen LogP contribution in [0, 0.1) is 17.0 Å². The molecule has 1 N–H and O–H groups in total. The highest BCUT2D eigenvalue weighted by Gasteiger charge is 2.10. The van der Waals surface area contributed by atoms with E-state index in [1.165, 1.54) is 12.1 Å². The fourth-order valence-electron chi connectivity index (χ4n) is 1.89. The minimum atomic E-state index is -0.540. The van der Waals surface area contributed by atoms with Gasteiger partial charge in [0, 0.05) is 28.2 Å². The number of allylic oxidation sites excluding steroid dienone is 1. The van der Waals surface area contributed by atoms with Crippen LogP contribution < -0.4 is 5.32 Å². The number of rotatable bonds is 5. The number of nitro groups is 1. The molecule has 2 aromatic rings. The van der Waals surface area contributed by atoms with E-state index in [-0.39, 0.29) is 11.5 Å². The monoisotopic (exact) mass is 388 g/mol. The van der Waals surface area contributed by atoms with Crippen molar-refractivity contribution >= 4 is 39.0 Å². The fourth-order valence-corrected chi connectivity index (χ4v) is 2.16. The van der Waals surface area contributed by atoms with E-state index in [0.29, 0.717) is 16.8 Å². The molecule has 0 aliphatic heterocycles. The molecule has 6 nitrogen and oxygen atoms in total. The highest BCUT2D eigenvalue weighted by atomic mass is 79.9. The molecule has 0 saturated heterocycles. The number of nitro benzene ring substituents is 1. The van der Waals surface area contributed by atoms with Crippen LogP contribution in [0.5, 0.6) is 0 Å². The van der Waals surface area contributed by atoms with Crippen molar-refractivity contribution in [2.75, 3.05) is 5.32 Å². The lowest BCUT2D eigenvalue weighted by molar-refractivity contribution is -0.384. The van der Waals surface area contributed by atoms with Crippen molar-refractivity contribution in [3.8, 4) is 0 Å². The van der Waals surface area contributed by atoms with Gasteiger partial charge in [0.1, 0.15) is 0 Å². The first-order valence-electron chi connectivity index (χ1n) is 6.91. The van der Waals surface area contributed by atoms with Crippen molar-refractivity contribution < 1.29 is 14.5 Å². The highest BCUT2D eigenvalue weighted by molar-refractivity contribution is 9.10. The van der Waals surface area contributed by atoms with Crippen molar-refractivity contribution in [3.05, 3.63) is 80.3 Å². The van der Waals surface area contributed by atoms with Gasteiger partial charge in [-0.05, 0) is 42.8 Å². The number of amides is 1. The molecule has 0 saturated carbocycles. The summed E-state index contributed by atoms with van der Waals surface area (Å²) < 4.78 is 0.849. The Bertz CT molecular complexity index is 829. The minimum absolute atomic E-state index is 0.120. The summed E-state index contributed by atoms with van der Waals surface area (Å²) in [6.07, 6.45) is 2.26. The van der Waals surface area contributed by atoms with Gasteiger partial charge in [-0.1, -0.05) is 22.0 Å². The van der Waals surface area contributed by atoms with Gasteiger partial charge in [-0.25, -0.2) is 0 Å². The second-order valence-electron chi connectivity index (χ2n) is 4.95. The number of nitrogens with one attached hydrogen (secondary N) is 1. The number of halogens is 1. The van der Waals surface area contributed by atoms with Gasteiger partial charge in [-0.15, -0.1) is 0 Å². The molecule has 0 aliphatic rings. The van der Waals surface area contributed by atoms with Crippen molar-refractivity contribution in [1.29, 1.82) is 0 Å². The zero-order valence-electron chi connectivity index (χ0n) is 12.7. The van der Waals surface area contributed by atoms with Crippen molar-refractivity contribution in [1.82, 2.24) is 0 Å². The molecule has 0 unspecified atom stereocenters. The third-order valence-electron chi connectivity index (χ3n) is 3.20. The van der Waals surface area contributed by atoms with Crippen LogP contribution in [-0.4, -0.2) is 16.6 Å². The normalized spacial score (nSPS) is 10.6. The lowest BCUT2D eigenvalue weighted by Crippen LogP contribution is -2.10. The smallest absolute Gasteiger partial charge is 0.271 e. The quantitative estimate of drug-likeness (QED) is 0.362. The van der Waals surface area contributed by atoms with Crippen LogP contribution in [0.25, 0.3) is 0 Å². The van der Waals surface area contributed by atoms with Gasteiger partial charge in [-0.2, -0.15) is 0 Å². The third kappa shape index (κ3) is 4.60. The Morgan fingerprint density at radius 1 is 1.12 bits per heavy atom. The van der Waals surface area contributed by atoms with Gasteiger partial charge >= 0.3 is 0 Å². The average molecular weight is 389 g/mol. The molecule has 2 aromatic carbocycles. The molecule has 0 heterocycles. The summed E-state index contributed by atoms with van der Waals surface area (Å²) in [7, 11) is 0. The Kier molecular flexibility index (Phi) is 5.59. The van der Waals surface area contributed by atoms with Crippen LogP contribution in [0.4, 0.5) is 11.4 Å². The van der Waals surface area contributed by atoms with Gasteiger partial charge in [0.15, 0.2) is 5.78 Å². The van der Waals surface area contributed by atoms with Crippen LogP contribution in [-0.2, 0) is 4.79 Å². The molecule has 24 heavy (non-hydrogen) atoms. The number of aryl methyl sites for hydroxylation is 1. The lowest BCUT2D eigenvalue weighted by Gasteiger charge is -2.05. The molecule has 0 atom stereocenters. The summed E-state index contributed by atoms with van der Waals surface area (Å²) in [6.45, 7) is 1.72. The van der Waals surface area contributed by atoms with Crippen LogP contribution in [0.2, 0.25) is 0 Å². The number of anilines is 1. The molecule has 0 fully saturated rings. The number of carbonyl (C=O) groups excluding carboxylic acids is 2. The molecule has 1 amide bonds. The topological polar surface area (TPSA) is 89.3 Å². The standard InChI is InChI=1S/C17H13BrN2O4/c1-11-2-7-14(20(23)24)10-15(11)19-17(22)9-8-16(21)12-3-5-13(18)6-4-12/h2-10H,1H3,(H,19,22)/b9-8+. The number of nitrogens with zero attached hydrogens (tertiary/aromatic N) is 1. The summed E-state index contributed by atoms with van der Waals surface area (Å²) in [4.78, 5) is 34.1. The number of hydrogen-bond acceptors (Lipinski definition) is 4. The summed E-state index contributed by atoms with van der Waals surface area (Å²) in [6, 6.07) is 10.9. The zero-order valence-corrected chi connectivity index (χ0v) is 14.2.